The molecule has 0 radical (unpaired) electrons. The minimum atomic E-state index is 0.0145. The molecule has 0 bridgehead atoms. The number of nitrogens with one attached hydrogen (secondary N) is 1. The predicted octanol–water partition coefficient (Wildman–Crippen LogP) is 4.14. The number of hydrogen-bond acceptors (Lipinski definition) is 4. The maximum atomic E-state index is 12.9. The summed E-state index contributed by atoms with van der Waals surface area (Å²) in [6.07, 6.45) is 1.96. The van der Waals surface area contributed by atoms with Crippen LogP contribution in [-0.2, 0) is 11.2 Å². The maximum absolute atomic E-state index is 12.9. The summed E-state index contributed by atoms with van der Waals surface area (Å²) in [5.74, 6) is 1.11. The molecule has 1 aliphatic rings. The number of para-hydroxylation sites is 1. The molecule has 0 spiro atoms. The average Bonchev–Trinajstić information content (AvgIpc) is 2.66. The van der Waals surface area contributed by atoms with Gasteiger partial charge in [-0.15, -0.1) is 0 Å². The SMILES string of the molecule is COc1cc(NCC(=O)N2c3ccccc3CCC2C)c(OC)cc1Cl. The normalized spacial score (nSPS) is 16.0. The second kappa shape index (κ2) is 7.87. The van der Waals surface area contributed by atoms with E-state index in [0.717, 1.165) is 18.5 Å². The lowest BCUT2D eigenvalue weighted by Gasteiger charge is -2.35. The Morgan fingerprint density at radius 3 is 2.69 bits per heavy atom. The molecule has 138 valence electrons. The molecule has 0 saturated carbocycles. The Morgan fingerprint density at radius 2 is 1.96 bits per heavy atom. The molecule has 0 saturated heterocycles. The fourth-order valence-corrected chi connectivity index (χ4v) is 3.55. The monoisotopic (exact) mass is 374 g/mol. The van der Waals surface area contributed by atoms with Gasteiger partial charge < -0.3 is 19.7 Å². The highest BCUT2D eigenvalue weighted by Gasteiger charge is 2.27. The van der Waals surface area contributed by atoms with E-state index in [1.807, 2.05) is 23.1 Å². The average molecular weight is 375 g/mol. The van der Waals surface area contributed by atoms with Crippen LogP contribution in [0.3, 0.4) is 0 Å². The Labute approximate surface area is 158 Å². The first-order valence-corrected chi connectivity index (χ1v) is 8.98. The molecule has 2 aromatic carbocycles. The van der Waals surface area contributed by atoms with Crippen molar-refractivity contribution in [1.82, 2.24) is 0 Å². The van der Waals surface area contributed by atoms with Gasteiger partial charge in [0.25, 0.3) is 0 Å². The molecule has 1 N–H and O–H groups in total. The Morgan fingerprint density at radius 1 is 1.23 bits per heavy atom. The van der Waals surface area contributed by atoms with Crippen LogP contribution in [0.15, 0.2) is 36.4 Å². The molecular formula is C20H23ClN2O3. The van der Waals surface area contributed by atoms with Crippen molar-refractivity contribution >= 4 is 28.9 Å². The standard InChI is InChI=1S/C20H23ClN2O3/c1-13-8-9-14-6-4-5-7-17(14)23(13)20(24)12-22-16-11-18(25-2)15(21)10-19(16)26-3/h4-7,10-11,13,22H,8-9,12H2,1-3H3. The van der Waals surface area contributed by atoms with Gasteiger partial charge >= 0.3 is 0 Å². The summed E-state index contributed by atoms with van der Waals surface area (Å²) in [6.45, 7) is 2.24. The number of nitrogens with zero attached hydrogens (tertiary/aromatic N) is 1. The van der Waals surface area contributed by atoms with Crippen LogP contribution in [0.25, 0.3) is 0 Å². The number of carbonyl (C=O) groups is 1. The van der Waals surface area contributed by atoms with E-state index in [-0.39, 0.29) is 18.5 Å². The van der Waals surface area contributed by atoms with E-state index in [0.29, 0.717) is 22.2 Å². The number of ether oxygens (including phenoxy) is 2. The van der Waals surface area contributed by atoms with E-state index in [1.54, 1.807) is 26.4 Å². The van der Waals surface area contributed by atoms with Gasteiger partial charge in [-0.05, 0) is 31.4 Å². The molecule has 1 amide bonds. The topological polar surface area (TPSA) is 50.8 Å². The lowest BCUT2D eigenvalue weighted by atomic mass is 9.96. The molecule has 3 rings (SSSR count). The molecule has 1 atom stereocenters. The number of rotatable bonds is 5. The van der Waals surface area contributed by atoms with E-state index in [9.17, 15) is 4.79 Å². The van der Waals surface area contributed by atoms with Crippen molar-refractivity contribution in [2.45, 2.75) is 25.8 Å². The van der Waals surface area contributed by atoms with E-state index in [4.69, 9.17) is 21.1 Å². The third-order valence-corrected chi connectivity index (χ3v) is 4.99. The minimum absolute atomic E-state index is 0.0145. The molecule has 1 aliphatic heterocycles. The van der Waals surface area contributed by atoms with E-state index >= 15 is 0 Å². The van der Waals surface area contributed by atoms with Crippen molar-refractivity contribution in [3.8, 4) is 11.5 Å². The minimum Gasteiger partial charge on any atom is -0.495 e. The van der Waals surface area contributed by atoms with Gasteiger partial charge in [-0.2, -0.15) is 0 Å². The molecule has 6 heteroatoms. The molecule has 0 aromatic heterocycles. The Hall–Kier alpha value is -2.40. The quantitative estimate of drug-likeness (QED) is 0.854. The van der Waals surface area contributed by atoms with Crippen LogP contribution < -0.4 is 19.7 Å². The summed E-state index contributed by atoms with van der Waals surface area (Å²) >= 11 is 6.13. The smallest absolute Gasteiger partial charge is 0.246 e. The van der Waals surface area contributed by atoms with Crippen LogP contribution in [0, 0.1) is 0 Å². The van der Waals surface area contributed by atoms with E-state index in [1.165, 1.54) is 5.56 Å². The summed E-state index contributed by atoms with van der Waals surface area (Å²) < 4.78 is 10.6. The number of aryl methyl sites for hydroxylation is 1. The zero-order valence-corrected chi connectivity index (χ0v) is 16.0. The number of hydrogen-bond donors (Lipinski definition) is 1. The lowest BCUT2D eigenvalue weighted by molar-refractivity contribution is -0.117. The molecule has 1 unspecified atom stereocenters. The van der Waals surface area contributed by atoms with Crippen molar-refractivity contribution in [1.29, 1.82) is 0 Å². The zero-order chi connectivity index (χ0) is 18.7. The van der Waals surface area contributed by atoms with Gasteiger partial charge in [0.15, 0.2) is 0 Å². The Bertz CT molecular complexity index is 810. The van der Waals surface area contributed by atoms with E-state index in [2.05, 4.69) is 18.3 Å². The van der Waals surface area contributed by atoms with Crippen molar-refractivity contribution in [2.24, 2.45) is 0 Å². The number of halogens is 1. The number of carbonyl (C=O) groups excluding carboxylic acids is 1. The Kier molecular flexibility index (Phi) is 5.57. The summed E-state index contributed by atoms with van der Waals surface area (Å²) in [5, 5.41) is 3.62. The maximum Gasteiger partial charge on any atom is 0.246 e. The fourth-order valence-electron chi connectivity index (χ4n) is 3.32. The second-order valence-corrected chi connectivity index (χ2v) is 6.73. The largest absolute Gasteiger partial charge is 0.495 e. The van der Waals surface area contributed by atoms with E-state index < -0.39 is 0 Å². The summed E-state index contributed by atoms with van der Waals surface area (Å²) in [7, 11) is 3.11. The molecule has 0 aliphatic carbocycles. The number of anilines is 2. The Balaban J connectivity index is 1.79. The van der Waals surface area contributed by atoms with Crippen molar-refractivity contribution in [3.63, 3.8) is 0 Å². The van der Waals surface area contributed by atoms with Crippen molar-refractivity contribution < 1.29 is 14.3 Å². The second-order valence-electron chi connectivity index (χ2n) is 6.32. The lowest BCUT2D eigenvalue weighted by Crippen LogP contribution is -2.44. The first-order valence-electron chi connectivity index (χ1n) is 8.60. The van der Waals surface area contributed by atoms with Crippen LogP contribution in [0.4, 0.5) is 11.4 Å². The summed E-state index contributed by atoms with van der Waals surface area (Å²) in [5.41, 5.74) is 2.88. The highest BCUT2D eigenvalue weighted by Crippen LogP contribution is 2.36. The number of amides is 1. The molecule has 26 heavy (non-hydrogen) atoms. The van der Waals surface area contributed by atoms with Gasteiger partial charge in [-0.25, -0.2) is 0 Å². The van der Waals surface area contributed by atoms with Gasteiger partial charge in [0, 0.05) is 23.9 Å². The predicted molar refractivity (Wildman–Crippen MR) is 105 cm³/mol. The number of fused-ring (bicyclic) bond motifs is 1. The first kappa shape index (κ1) is 18.4. The van der Waals surface area contributed by atoms with Crippen LogP contribution in [0.5, 0.6) is 11.5 Å². The third-order valence-electron chi connectivity index (χ3n) is 4.70. The first-order chi connectivity index (χ1) is 12.5. The fraction of sp³-hybridized carbons (Fsp3) is 0.350. The third kappa shape index (κ3) is 3.58. The molecule has 1 heterocycles. The summed E-state index contributed by atoms with van der Waals surface area (Å²) in [6, 6.07) is 11.7. The van der Waals surface area contributed by atoms with Gasteiger partial charge in [0.2, 0.25) is 5.91 Å². The molecular weight excluding hydrogens is 352 g/mol. The van der Waals surface area contributed by atoms with Crippen LogP contribution in [0.1, 0.15) is 18.9 Å². The van der Waals surface area contributed by atoms with Crippen LogP contribution >= 0.6 is 11.6 Å². The summed E-state index contributed by atoms with van der Waals surface area (Å²) in [4.78, 5) is 14.8. The van der Waals surface area contributed by atoms with Gasteiger partial charge in [-0.1, -0.05) is 29.8 Å². The van der Waals surface area contributed by atoms with Crippen LogP contribution in [0.2, 0.25) is 5.02 Å². The van der Waals surface area contributed by atoms with Crippen molar-refractivity contribution in [3.05, 3.63) is 47.0 Å². The van der Waals surface area contributed by atoms with Crippen molar-refractivity contribution in [2.75, 3.05) is 31.0 Å². The van der Waals surface area contributed by atoms with Gasteiger partial charge in [-0.3, -0.25) is 4.79 Å². The zero-order valence-electron chi connectivity index (χ0n) is 15.2. The highest BCUT2D eigenvalue weighted by atomic mass is 35.5. The number of methoxy groups -OCH3 is 2. The van der Waals surface area contributed by atoms with Crippen LogP contribution in [-0.4, -0.2) is 32.7 Å². The molecule has 5 nitrogen and oxygen atoms in total. The number of benzene rings is 2. The highest BCUT2D eigenvalue weighted by molar-refractivity contribution is 6.32. The van der Waals surface area contributed by atoms with Gasteiger partial charge in [0.05, 0.1) is 31.5 Å². The van der Waals surface area contributed by atoms with Gasteiger partial charge in [0.1, 0.15) is 11.5 Å². The molecule has 2 aromatic rings. The molecule has 0 fully saturated rings.